The molecule has 0 amide bonds. The number of nitrogens with zero attached hydrogens (tertiary/aromatic N) is 3. The van der Waals surface area contributed by atoms with Crippen LogP contribution in [0.1, 0.15) is 44.7 Å². The van der Waals surface area contributed by atoms with Crippen molar-refractivity contribution in [1.29, 1.82) is 0 Å². The number of aryl methyl sites for hydroxylation is 2. The molecule has 2 rings (SSSR count). The SMILES string of the molecule is CCCc1nn(C)c(NCCCC2CC2)c1[N+](=O)[O-]. The summed E-state index contributed by atoms with van der Waals surface area (Å²) in [4.78, 5) is 10.9. The molecule has 1 saturated carbocycles. The second-order valence-corrected chi connectivity index (χ2v) is 5.29. The quantitative estimate of drug-likeness (QED) is 0.446. The fraction of sp³-hybridized carbons (Fsp3) is 0.769. The largest absolute Gasteiger partial charge is 0.365 e. The van der Waals surface area contributed by atoms with Crippen LogP contribution in [0.2, 0.25) is 0 Å². The minimum Gasteiger partial charge on any atom is -0.365 e. The number of nitro groups is 1. The lowest BCUT2D eigenvalue weighted by atomic mass is 10.2. The molecule has 0 spiro atoms. The standard InChI is InChI=1S/C13H22N4O2/c1-3-5-11-12(17(18)19)13(16(2)15-11)14-9-4-6-10-7-8-10/h10,14H,3-9H2,1-2H3. The molecule has 1 fully saturated rings. The Bertz CT molecular complexity index is 452. The molecule has 0 bridgehead atoms. The summed E-state index contributed by atoms with van der Waals surface area (Å²) >= 11 is 0. The number of nitrogens with one attached hydrogen (secondary N) is 1. The van der Waals surface area contributed by atoms with E-state index in [1.165, 1.54) is 19.3 Å². The number of rotatable bonds is 8. The summed E-state index contributed by atoms with van der Waals surface area (Å²) in [5, 5.41) is 18.6. The first kappa shape index (κ1) is 13.8. The first-order valence-electron chi connectivity index (χ1n) is 7.07. The van der Waals surface area contributed by atoms with Crippen molar-refractivity contribution >= 4 is 11.5 Å². The summed E-state index contributed by atoms with van der Waals surface area (Å²) in [6.07, 6.45) is 6.50. The zero-order valence-corrected chi connectivity index (χ0v) is 11.7. The molecule has 0 unspecified atom stereocenters. The van der Waals surface area contributed by atoms with E-state index in [0.29, 0.717) is 17.9 Å². The fourth-order valence-corrected chi connectivity index (χ4v) is 2.37. The van der Waals surface area contributed by atoms with Gasteiger partial charge in [0.25, 0.3) is 0 Å². The molecule has 1 aliphatic rings. The van der Waals surface area contributed by atoms with Crippen LogP contribution in [0.25, 0.3) is 0 Å². The van der Waals surface area contributed by atoms with E-state index in [9.17, 15) is 10.1 Å². The molecule has 106 valence electrons. The topological polar surface area (TPSA) is 73.0 Å². The Labute approximate surface area is 113 Å². The normalized spacial score (nSPS) is 14.6. The van der Waals surface area contributed by atoms with Crippen molar-refractivity contribution in [2.75, 3.05) is 11.9 Å². The maximum atomic E-state index is 11.2. The van der Waals surface area contributed by atoms with Gasteiger partial charge in [-0.3, -0.25) is 10.1 Å². The summed E-state index contributed by atoms with van der Waals surface area (Å²) in [6.45, 7) is 2.78. The second-order valence-electron chi connectivity index (χ2n) is 5.29. The van der Waals surface area contributed by atoms with Crippen molar-refractivity contribution in [3.8, 4) is 0 Å². The number of anilines is 1. The van der Waals surface area contributed by atoms with E-state index in [1.54, 1.807) is 11.7 Å². The highest BCUT2D eigenvalue weighted by molar-refractivity contribution is 5.59. The molecule has 1 aromatic heterocycles. The lowest BCUT2D eigenvalue weighted by Gasteiger charge is -2.05. The molecule has 0 radical (unpaired) electrons. The summed E-state index contributed by atoms with van der Waals surface area (Å²) < 4.78 is 1.60. The summed E-state index contributed by atoms with van der Waals surface area (Å²) in [5.74, 6) is 1.45. The van der Waals surface area contributed by atoms with Gasteiger partial charge >= 0.3 is 5.69 Å². The van der Waals surface area contributed by atoms with Gasteiger partial charge in [0.05, 0.1) is 4.92 Å². The molecule has 0 aromatic carbocycles. The Morgan fingerprint density at radius 2 is 2.26 bits per heavy atom. The molecule has 0 aliphatic heterocycles. The smallest absolute Gasteiger partial charge is 0.333 e. The predicted molar refractivity (Wildman–Crippen MR) is 74.3 cm³/mol. The highest BCUT2D eigenvalue weighted by atomic mass is 16.6. The maximum Gasteiger partial charge on any atom is 0.333 e. The lowest BCUT2D eigenvalue weighted by molar-refractivity contribution is -0.384. The lowest BCUT2D eigenvalue weighted by Crippen LogP contribution is -2.08. The van der Waals surface area contributed by atoms with Crippen LogP contribution in [0.5, 0.6) is 0 Å². The molecule has 1 heterocycles. The van der Waals surface area contributed by atoms with Gasteiger partial charge in [-0.15, -0.1) is 0 Å². The average Bonchev–Trinajstić information content (AvgIpc) is 3.11. The van der Waals surface area contributed by atoms with Crippen molar-refractivity contribution in [2.24, 2.45) is 13.0 Å². The molecule has 19 heavy (non-hydrogen) atoms. The van der Waals surface area contributed by atoms with E-state index >= 15 is 0 Å². The van der Waals surface area contributed by atoms with E-state index in [0.717, 1.165) is 25.3 Å². The van der Waals surface area contributed by atoms with E-state index in [1.807, 2.05) is 6.92 Å². The minimum atomic E-state index is -0.318. The van der Waals surface area contributed by atoms with Crippen LogP contribution < -0.4 is 5.32 Å². The summed E-state index contributed by atoms with van der Waals surface area (Å²) in [5.41, 5.74) is 0.732. The van der Waals surface area contributed by atoms with Gasteiger partial charge in [0, 0.05) is 13.6 Å². The first-order valence-corrected chi connectivity index (χ1v) is 7.07. The maximum absolute atomic E-state index is 11.2. The minimum absolute atomic E-state index is 0.149. The summed E-state index contributed by atoms with van der Waals surface area (Å²) in [6, 6.07) is 0. The van der Waals surface area contributed by atoms with Crippen LogP contribution >= 0.6 is 0 Å². The molecule has 6 heteroatoms. The molecular weight excluding hydrogens is 244 g/mol. The van der Waals surface area contributed by atoms with Crippen LogP contribution in [0.3, 0.4) is 0 Å². The third-order valence-electron chi connectivity index (χ3n) is 3.54. The second kappa shape index (κ2) is 6.04. The van der Waals surface area contributed by atoms with Gasteiger partial charge in [-0.1, -0.05) is 26.2 Å². The monoisotopic (exact) mass is 266 g/mol. The van der Waals surface area contributed by atoms with Crippen molar-refractivity contribution in [1.82, 2.24) is 9.78 Å². The first-order chi connectivity index (χ1) is 9.13. The van der Waals surface area contributed by atoms with Crippen LogP contribution in [-0.2, 0) is 13.5 Å². The van der Waals surface area contributed by atoms with Gasteiger partial charge in [-0.05, 0) is 25.2 Å². The van der Waals surface area contributed by atoms with Crippen molar-refractivity contribution in [3.05, 3.63) is 15.8 Å². The Morgan fingerprint density at radius 1 is 1.53 bits per heavy atom. The number of hydrogen-bond acceptors (Lipinski definition) is 4. The van der Waals surface area contributed by atoms with Crippen LogP contribution in [0, 0.1) is 16.0 Å². The zero-order chi connectivity index (χ0) is 13.8. The Morgan fingerprint density at radius 3 is 2.84 bits per heavy atom. The van der Waals surface area contributed by atoms with E-state index in [4.69, 9.17) is 0 Å². The van der Waals surface area contributed by atoms with E-state index < -0.39 is 0 Å². The molecular formula is C13H22N4O2. The predicted octanol–water partition coefficient (Wildman–Crippen LogP) is 2.88. The molecule has 1 N–H and O–H groups in total. The van der Waals surface area contributed by atoms with Crippen molar-refractivity contribution < 1.29 is 4.92 Å². The van der Waals surface area contributed by atoms with Gasteiger partial charge in [-0.25, -0.2) is 4.68 Å². The number of hydrogen-bond donors (Lipinski definition) is 1. The summed E-state index contributed by atoms with van der Waals surface area (Å²) in [7, 11) is 1.76. The number of aromatic nitrogens is 2. The zero-order valence-electron chi connectivity index (χ0n) is 11.7. The fourth-order valence-electron chi connectivity index (χ4n) is 2.37. The Kier molecular flexibility index (Phi) is 4.39. The third kappa shape index (κ3) is 3.45. The van der Waals surface area contributed by atoms with Gasteiger partial charge < -0.3 is 5.32 Å². The molecule has 6 nitrogen and oxygen atoms in total. The highest BCUT2D eigenvalue weighted by Gasteiger charge is 2.26. The average molecular weight is 266 g/mol. The molecule has 0 atom stereocenters. The van der Waals surface area contributed by atoms with E-state index in [2.05, 4.69) is 10.4 Å². The highest BCUT2D eigenvalue weighted by Crippen LogP contribution is 2.34. The third-order valence-corrected chi connectivity index (χ3v) is 3.54. The Balaban J connectivity index is 2.01. The van der Waals surface area contributed by atoms with E-state index in [-0.39, 0.29) is 10.6 Å². The molecule has 1 aromatic rings. The molecule has 1 aliphatic carbocycles. The van der Waals surface area contributed by atoms with Gasteiger partial charge in [0.1, 0.15) is 5.69 Å². The van der Waals surface area contributed by atoms with Crippen molar-refractivity contribution in [3.63, 3.8) is 0 Å². The van der Waals surface area contributed by atoms with Crippen molar-refractivity contribution in [2.45, 2.75) is 45.4 Å². The van der Waals surface area contributed by atoms with Crippen LogP contribution in [0.4, 0.5) is 11.5 Å². The Hall–Kier alpha value is -1.59. The van der Waals surface area contributed by atoms with Gasteiger partial charge in [0.15, 0.2) is 0 Å². The molecule has 0 saturated heterocycles. The van der Waals surface area contributed by atoms with Gasteiger partial charge in [0.2, 0.25) is 5.82 Å². The van der Waals surface area contributed by atoms with Crippen LogP contribution in [0.15, 0.2) is 0 Å². The van der Waals surface area contributed by atoms with Crippen LogP contribution in [-0.4, -0.2) is 21.2 Å². The van der Waals surface area contributed by atoms with Gasteiger partial charge in [-0.2, -0.15) is 5.10 Å².